The van der Waals surface area contributed by atoms with Gasteiger partial charge in [0.15, 0.2) is 0 Å². The lowest BCUT2D eigenvalue weighted by Gasteiger charge is -2.21. The van der Waals surface area contributed by atoms with Gasteiger partial charge in [-0.3, -0.25) is 9.69 Å². The standard InChI is InChI=1S/C21H24FN3O/c1-17-5-2-7-20(23-17)21(26)25-14-4-13-24(15-16-25)12-3-6-18-8-10-19(22)11-9-18/h2-3,5-11H,4,12-16H2,1H3/b6-3+. The topological polar surface area (TPSA) is 36.4 Å². The Balaban J connectivity index is 1.53. The van der Waals surface area contributed by atoms with Crippen molar-refractivity contribution in [2.24, 2.45) is 0 Å². The Morgan fingerprint density at radius 3 is 2.69 bits per heavy atom. The van der Waals surface area contributed by atoms with E-state index in [0.29, 0.717) is 12.2 Å². The van der Waals surface area contributed by atoms with Gasteiger partial charge >= 0.3 is 0 Å². The van der Waals surface area contributed by atoms with Crippen LogP contribution in [-0.4, -0.2) is 53.4 Å². The third-order valence-electron chi connectivity index (χ3n) is 4.53. The summed E-state index contributed by atoms with van der Waals surface area (Å²) in [7, 11) is 0. The summed E-state index contributed by atoms with van der Waals surface area (Å²) in [5, 5.41) is 0. The van der Waals surface area contributed by atoms with E-state index < -0.39 is 0 Å². The monoisotopic (exact) mass is 353 g/mol. The van der Waals surface area contributed by atoms with Crippen LogP contribution in [0.15, 0.2) is 48.5 Å². The zero-order chi connectivity index (χ0) is 18.4. The van der Waals surface area contributed by atoms with E-state index in [0.717, 1.165) is 43.9 Å². The first-order valence-corrected chi connectivity index (χ1v) is 8.99. The first kappa shape index (κ1) is 18.3. The highest BCUT2D eigenvalue weighted by atomic mass is 19.1. The normalized spacial score (nSPS) is 16.0. The van der Waals surface area contributed by atoms with Crippen molar-refractivity contribution in [3.8, 4) is 0 Å². The minimum absolute atomic E-state index is 0.0115. The molecule has 1 aromatic carbocycles. The van der Waals surface area contributed by atoms with E-state index in [1.165, 1.54) is 12.1 Å². The molecule has 4 nitrogen and oxygen atoms in total. The Morgan fingerprint density at radius 1 is 1.12 bits per heavy atom. The van der Waals surface area contributed by atoms with E-state index in [4.69, 9.17) is 0 Å². The van der Waals surface area contributed by atoms with Gasteiger partial charge in [-0.25, -0.2) is 9.37 Å². The smallest absolute Gasteiger partial charge is 0.272 e. The fourth-order valence-electron chi connectivity index (χ4n) is 3.09. The van der Waals surface area contributed by atoms with Gasteiger partial charge in [-0.15, -0.1) is 0 Å². The van der Waals surface area contributed by atoms with E-state index in [1.54, 1.807) is 18.2 Å². The van der Waals surface area contributed by atoms with E-state index in [9.17, 15) is 9.18 Å². The van der Waals surface area contributed by atoms with Crippen molar-refractivity contribution < 1.29 is 9.18 Å². The molecule has 0 N–H and O–H groups in total. The summed E-state index contributed by atoms with van der Waals surface area (Å²) >= 11 is 0. The summed E-state index contributed by atoms with van der Waals surface area (Å²) in [5.74, 6) is -0.208. The summed E-state index contributed by atoms with van der Waals surface area (Å²) in [4.78, 5) is 21.2. The molecule has 1 saturated heterocycles. The van der Waals surface area contributed by atoms with Crippen molar-refractivity contribution in [3.63, 3.8) is 0 Å². The molecule has 0 atom stereocenters. The predicted molar refractivity (Wildman–Crippen MR) is 101 cm³/mol. The number of benzene rings is 1. The first-order chi connectivity index (χ1) is 12.6. The Hall–Kier alpha value is -2.53. The van der Waals surface area contributed by atoms with E-state index in [-0.39, 0.29) is 11.7 Å². The SMILES string of the molecule is Cc1cccc(C(=O)N2CCCN(C/C=C/c3ccc(F)cc3)CC2)n1. The number of aryl methyl sites for hydroxylation is 1. The number of carbonyl (C=O) groups excluding carboxylic acids is 1. The second-order valence-electron chi connectivity index (χ2n) is 6.56. The number of hydrogen-bond acceptors (Lipinski definition) is 3. The van der Waals surface area contributed by atoms with Crippen LogP contribution in [0, 0.1) is 12.7 Å². The van der Waals surface area contributed by atoms with Crippen LogP contribution in [-0.2, 0) is 0 Å². The zero-order valence-corrected chi connectivity index (χ0v) is 15.1. The third kappa shape index (κ3) is 4.99. The molecule has 0 spiro atoms. The van der Waals surface area contributed by atoms with Crippen LogP contribution < -0.4 is 0 Å². The molecule has 1 amide bonds. The van der Waals surface area contributed by atoms with Gasteiger partial charge in [0.2, 0.25) is 0 Å². The minimum atomic E-state index is -0.220. The molecule has 26 heavy (non-hydrogen) atoms. The van der Waals surface area contributed by atoms with Gasteiger partial charge in [0.05, 0.1) is 0 Å². The van der Waals surface area contributed by atoms with E-state index >= 15 is 0 Å². The molecule has 2 aromatic rings. The Morgan fingerprint density at radius 2 is 1.92 bits per heavy atom. The minimum Gasteiger partial charge on any atom is -0.336 e. The average molecular weight is 353 g/mol. The maximum absolute atomic E-state index is 12.9. The number of pyridine rings is 1. The van der Waals surface area contributed by atoms with Crippen LogP contribution in [0.4, 0.5) is 4.39 Å². The number of aromatic nitrogens is 1. The Bertz CT molecular complexity index is 773. The Kier molecular flexibility index (Phi) is 6.12. The molecular weight excluding hydrogens is 329 g/mol. The van der Waals surface area contributed by atoms with E-state index in [1.807, 2.05) is 30.0 Å². The molecule has 0 radical (unpaired) electrons. The summed E-state index contributed by atoms with van der Waals surface area (Å²) in [6.45, 7) is 5.98. The maximum Gasteiger partial charge on any atom is 0.272 e. The van der Waals surface area contributed by atoms with Crippen LogP contribution >= 0.6 is 0 Å². The quantitative estimate of drug-likeness (QED) is 0.845. The molecule has 136 valence electrons. The molecule has 2 heterocycles. The highest BCUT2D eigenvalue weighted by molar-refractivity contribution is 5.92. The second-order valence-corrected chi connectivity index (χ2v) is 6.56. The zero-order valence-electron chi connectivity index (χ0n) is 15.1. The van der Waals surface area contributed by atoms with Crippen LogP contribution in [0.1, 0.15) is 28.2 Å². The summed E-state index contributed by atoms with van der Waals surface area (Å²) in [6.07, 6.45) is 5.04. The molecule has 1 aromatic heterocycles. The van der Waals surface area contributed by atoms with Gasteiger partial charge in [-0.1, -0.05) is 30.4 Å². The van der Waals surface area contributed by atoms with Crippen LogP contribution in [0.25, 0.3) is 6.08 Å². The molecule has 0 saturated carbocycles. The lowest BCUT2D eigenvalue weighted by molar-refractivity contribution is 0.0756. The van der Waals surface area contributed by atoms with Crippen molar-refractivity contribution in [2.75, 3.05) is 32.7 Å². The highest BCUT2D eigenvalue weighted by Gasteiger charge is 2.20. The van der Waals surface area contributed by atoms with E-state index in [2.05, 4.69) is 16.0 Å². The first-order valence-electron chi connectivity index (χ1n) is 8.99. The second kappa shape index (κ2) is 8.72. The van der Waals surface area contributed by atoms with Crippen molar-refractivity contribution in [1.82, 2.24) is 14.8 Å². The van der Waals surface area contributed by atoms with Gasteiger partial charge in [-0.2, -0.15) is 0 Å². The number of nitrogens with zero attached hydrogens (tertiary/aromatic N) is 3. The van der Waals surface area contributed by atoms with Gasteiger partial charge in [-0.05, 0) is 43.2 Å². The van der Waals surface area contributed by atoms with Crippen LogP contribution in [0.5, 0.6) is 0 Å². The van der Waals surface area contributed by atoms with Gasteiger partial charge in [0.25, 0.3) is 5.91 Å². The Labute approximate surface area is 154 Å². The number of rotatable bonds is 4. The molecule has 0 bridgehead atoms. The number of halogens is 1. The molecule has 1 fully saturated rings. The van der Waals surface area contributed by atoms with Gasteiger partial charge in [0, 0.05) is 38.4 Å². The molecule has 3 rings (SSSR count). The van der Waals surface area contributed by atoms with Crippen molar-refractivity contribution >= 4 is 12.0 Å². The summed E-state index contributed by atoms with van der Waals surface area (Å²) in [6, 6.07) is 12.0. The molecule has 0 aliphatic carbocycles. The summed E-state index contributed by atoms with van der Waals surface area (Å²) in [5.41, 5.74) is 2.37. The fourth-order valence-corrected chi connectivity index (χ4v) is 3.09. The lowest BCUT2D eigenvalue weighted by atomic mass is 10.2. The van der Waals surface area contributed by atoms with Crippen LogP contribution in [0.2, 0.25) is 0 Å². The number of amides is 1. The van der Waals surface area contributed by atoms with Gasteiger partial charge in [0.1, 0.15) is 11.5 Å². The molecule has 0 unspecified atom stereocenters. The molecule has 1 aliphatic heterocycles. The molecular formula is C21H24FN3O. The van der Waals surface area contributed by atoms with Crippen molar-refractivity contribution in [2.45, 2.75) is 13.3 Å². The fraction of sp³-hybridized carbons (Fsp3) is 0.333. The van der Waals surface area contributed by atoms with Crippen LogP contribution in [0.3, 0.4) is 0 Å². The largest absolute Gasteiger partial charge is 0.336 e. The lowest BCUT2D eigenvalue weighted by Crippen LogP contribution is -2.35. The molecule has 1 aliphatic rings. The maximum atomic E-state index is 12.9. The van der Waals surface area contributed by atoms with Gasteiger partial charge < -0.3 is 4.90 Å². The predicted octanol–water partition coefficient (Wildman–Crippen LogP) is 3.39. The van der Waals surface area contributed by atoms with Crippen molar-refractivity contribution in [1.29, 1.82) is 0 Å². The molecule has 5 heteroatoms. The number of carbonyl (C=O) groups is 1. The third-order valence-corrected chi connectivity index (χ3v) is 4.53. The average Bonchev–Trinajstić information content (AvgIpc) is 2.88. The number of hydrogen-bond donors (Lipinski definition) is 0. The van der Waals surface area contributed by atoms with Crippen molar-refractivity contribution in [3.05, 3.63) is 71.3 Å². The highest BCUT2D eigenvalue weighted by Crippen LogP contribution is 2.10. The summed E-state index contributed by atoms with van der Waals surface area (Å²) < 4.78 is 12.9.